The molecule has 8 atom stereocenters. The first kappa shape index (κ1) is 30.1. The number of carbonyl (C=O) groups excluding carboxylic acids is 2. The molecule has 6 nitrogen and oxygen atoms in total. The summed E-state index contributed by atoms with van der Waals surface area (Å²) in [6.45, 7) is 12.6. The molecule has 4 aliphatic carbocycles. The SMILES string of the molecule is CC(C)CCC[C@@H](C)[C@H]1CC[C@H]2[C@@H]3CC=C4CC(OC(=O)NCCCC(=O)C(=O)O)CC[C@]4(C)[C@H]3CC[C@]12C. The average Bonchev–Trinajstić information content (AvgIpc) is 3.23. The number of ketones is 1. The normalized spacial score (nSPS) is 36.3. The topological polar surface area (TPSA) is 92.7 Å². The van der Waals surface area contributed by atoms with Crippen molar-refractivity contribution in [2.24, 2.45) is 46.3 Å². The molecule has 39 heavy (non-hydrogen) atoms. The molecule has 0 bridgehead atoms. The second-order valence-corrected chi connectivity index (χ2v) is 14.3. The van der Waals surface area contributed by atoms with Crippen molar-refractivity contribution in [3.8, 4) is 0 Å². The standard InChI is InChI=1S/C33H53NO5/c1-21(2)8-6-9-22(3)26-13-14-27-25-12-11-23-20-24(39-31(38)34-19-7-10-29(35)30(36)37)15-17-32(23,4)28(25)16-18-33(26,27)5/h11,21-22,24-28H,6-10,12-20H2,1-5H3,(H,34,38)(H,36,37)/t22-,24?,25+,26-,27+,28+,32+,33-/m1/s1. The largest absolute Gasteiger partial charge is 0.476 e. The van der Waals surface area contributed by atoms with Crippen LogP contribution in [0.15, 0.2) is 11.6 Å². The fraction of sp³-hybridized carbons (Fsp3) is 0.848. The molecule has 3 saturated carbocycles. The van der Waals surface area contributed by atoms with E-state index >= 15 is 0 Å². The number of hydrogen-bond donors (Lipinski definition) is 2. The number of alkyl carbamates (subject to hydrolysis) is 1. The Morgan fingerprint density at radius 2 is 1.79 bits per heavy atom. The highest BCUT2D eigenvalue weighted by molar-refractivity contribution is 6.32. The zero-order valence-electron chi connectivity index (χ0n) is 25.1. The van der Waals surface area contributed by atoms with E-state index in [1.165, 1.54) is 56.9 Å². The lowest BCUT2D eigenvalue weighted by atomic mass is 9.47. The molecule has 4 rings (SSSR count). The summed E-state index contributed by atoms with van der Waals surface area (Å²) in [5, 5.41) is 11.3. The Bertz CT molecular complexity index is 942. The maximum Gasteiger partial charge on any atom is 0.407 e. The molecule has 4 aliphatic rings. The molecule has 0 heterocycles. The number of fused-ring (bicyclic) bond motifs is 5. The van der Waals surface area contributed by atoms with Crippen LogP contribution in [0.1, 0.15) is 118 Å². The van der Waals surface area contributed by atoms with E-state index in [9.17, 15) is 14.4 Å². The van der Waals surface area contributed by atoms with Gasteiger partial charge in [0, 0.05) is 19.4 Å². The van der Waals surface area contributed by atoms with Gasteiger partial charge in [0.2, 0.25) is 5.78 Å². The lowest BCUT2D eigenvalue weighted by Crippen LogP contribution is -2.51. The zero-order valence-corrected chi connectivity index (χ0v) is 25.1. The number of carboxylic acids is 1. The maximum absolute atomic E-state index is 12.3. The molecule has 0 saturated heterocycles. The lowest BCUT2D eigenvalue weighted by Gasteiger charge is -2.58. The minimum absolute atomic E-state index is 0.0787. The van der Waals surface area contributed by atoms with Crippen LogP contribution in [0.25, 0.3) is 0 Å². The molecule has 0 aromatic carbocycles. The highest BCUT2D eigenvalue weighted by atomic mass is 16.6. The lowest BCUT2D eigenvalue weighted by molar-refractivity contribution is -0.149. The Balaban J connectivity index is 1.32. The van der Waals surface area contributed by atoms with Crippen molar-refractivity contribution < 1.29 is 24.2 Å². The second kappa shape index (κ2) is 12.3. The monoisotopic (exact) mass is 543 g/mol. The van der Waals surface area contributed by atoms with E-state index in [2.05, 4.69) is 46.0 Å². The molecular weight excluding hydrogens is 490 g/mol. The highest BCUT2D eigenvalue weighted by Crippen LogP contribution is 2.67. The number of nitrogens with one attached hydrogen (secondary N) is 1. The van der Waals surface area contributed by atoms with Crippen LogP contribution in [0.5, 0.6) is 0 Å². The zero-order chi connectivity index (χ0) is 28.4. The van der Waals surface area contributed by atoms with Gasteiger partial charge in [-0.1, -0.05) is 65.5 Å². The van der Waals surface area contributed by atoms with Gasteiger partial charge in [0.1, 0.15) is 6.10 Å². The third-order valence-corrected chi connectivity index (χ3v) is 11.6. The van der Waals surface area contributed by atoms with Gasteiger partial charge in [-0.3, -0.25) is 4.79 Å². The molecule has 220 valence electrons. The molecule has 0 aliphatic heterocycles. The summed E-state index contributed by atoms with van der Waals surface area (Å²) in [7, 11) is 0. The number of ether oxygens (including phenoxy) is 1. The Morgan fingerprint density at radius 1 is 1.03 bits per heavy atom. The van der Waals surface area contributed by atoms with Crippen molar-refractivity contribution >= 4 is 17.8 Å². The summed E-state index contributed by atoms with van der Waals surface area (Å²) in [4.78, 5) is 34.2. The van der Waals surface area contributed by atoms with Gasteiger partial charge in [-0.15, -0.1) is 0 Å². The van der Waals surface area contributed by atoms with Gasteiger partial charge in [0.05, 0.1) is 0 Å². The van der Waals surface area contributed by atoms with Gasteiger partial charge in [-0.25, -0.2) is 9.59 Å². The van der Waals surface area contributed by atoms with Gasteiger partial charge < -0.3 is 15.2 Å². The number of Topliss-reactive ketones (excluding diaryl/α,β-unsaturated/α-hetero) is 1. The number of carboxylic acid groups (broad SMARTS) is 1. The van der Waals surface area contributed by atoms with E-state index < -0.39 is 17.8 Å². The molecule has 1 amide bonds. The van der Waals surface area contributed by atoms with E-state index in [0.717, 1.165) is 54.8 Å². The van der Waals surface area contributed by atoms with Crippen molar-refractivity contribution in [1.82, 2.24) is 5.32 Å². The summed E-state index contributed by atoms with van der Waals surface area (Å²) >= 11 is 0. The molecule has 6 heteroatoms. The third kappa shape index (κ3) is 6.40. The van der Waals surface area contributed by atoms with Crippen LogP contribution < -0.4 is 5.32 Å². The highest BCUT2D eigenvalue weighted by Gasteiger charge is 2.59. The summed E-state index contributed by atoms with van der Waals surface area (Å²) in [5.41, 5.74) is 2.21. The minimum atomic E-state index is -1.42. The van der Waals surface area contributed by atoms with E-state index in [4.69, 9.17) is 9.84 Å². The van der Waals surface area contributed by atoms with Crippen LogP contribution in [0.2, 0.25) is 0 Å². The van der Waals surface area contributed by atoms with Crippen molar-refractivity contribution in [1.29, 1.82) is 0 Å². The van der Waals surface area contributed by atoms with Crippen LogP contribution in [0.4, 0.5) is 4.79 Å². The van der Waals surface area contributed by atoms with Crippen LogP contribution in [-0.2, 0) is 14.3 Å². The third-order valence-electron chi connectivity index (χ3n) is 11.6. The Hall–Kier alpha value is -1.85. The number of hydrogen-bond acceptors (Lipinski definition) is 4. The first-order valence-electron chi connectivity index (χ1n) is 15.9. The summed E-state index contributed by atoms with van der Waals surface area (Å²) in [5.74, 6) is 2.64. The first-order chi connectivity index (χ1) is 18.5. The fourth-order valence-electron chi connectivity index (χ4n) is 9.49. The van der Waals surface area contributed by atoms with E-state index in [1.54, 1.807) is 0 Å². The average molecular weight is 544 g/mol. The molecule has 0 spiro atoms. The summed E-state index contributed by atoms with van der Waals surface area (Å²) in [6, 6.07) is 0. The predicted molar refractivity (Wildman–Crippen MR) is 153 cm³/mol. The van der Waals surface area contributed by atoms with Gasteiger partial charge in [0.15, 0.2) is 0 Å². The van der Waals surface area contributed by atoms with Gasteiger partial charge in [-0.05, 0) is 97.7 Å². The number of rotatable bonds is 11. The number of aliphatic carboxylic acids is 1. The fourth-order valence-corrected chi connectivity index (χ4v) is 9.49. The molecule has 0 aromatic heterocycles. The first-order valence-corrected chi connectivity index (χ1v) is 15.9. The quantitative estimate of drug-likeness (QED) is 0.159. The van der Waals surface area contributed by atoms with Gasteiger partial charge in [-0.2, -0.15) is 0 Å². The van der Waals surface area contributed by atoms with Crippen LogP contribution >= 0.6 is 0 Å². The number of amides is 1. The Kier molecular flexibility index (Phi) is 9.53. The Labute approximate surface area is 236 Å². The van der Waals surface area contributed by atoms with E-state index in [0.29, 0.717) is 11.8 Å². The molecule has 3 fully saturated rings. The van der Waals surface area contributed by atoms with Crippen LogP contribution in [0, 0.1) is 46.3 Å². The van der Waals surface area contributed by atoms with Crippen LogP contribution in [-0.4, -0.2) is 35.6 Å². The van der Waals surface area contributed by atoms with Crippen molar-refractivity contribution in [3.05, 3.63) is 11.6 Å². The minimum Gasteiger partial charge on any atom is -0.476 e. The maximum atomic E-state index is 12.3. The van der Waals surface area contributed by atoms with Crippen LogP contribution in [0.3, 0.4) is 0 Å². The summed E-state index contributed by atoms with van der Waals surface area (Å²) in [6.07, 6.45) is 15.8. The van der Waals surface area contributed by atoms with Crippen molar-refractivity contribution in [3.63, 3.8) is 0 Å². The molecule has 2 N–H and O–H groups in total. The second-order valence-electron chi connectivity index (χ2n) is 14.3. The van der Waals surface area contributed by atoms with Crippen molar-refractivity contribution in [2.45, 2.75) is 124 Å². The molecule has 1 unspecified atom stereocenters. The van der Waals surface area contributed by atoms with E-state index in [-0.39, 0.29) is 24.5 Å². The van der Waals surface area contributed by atoms with Gasteiger partial charge >= 0.3 is 12.1 Å². The summed E-state index contributed by atoms with van der Waals surface area (Å²) < 4.78 is 5.76. The number of carbonyl (C=O) groups is 3. The molecular formula is C33H53NO5. The molecule has 0 radical (unpaired) electrons. The molecule has 0 aromatic rings. The van der Waals surface area contributed by atoms with E-state index in [1.807, 2.05) is 0 Å². The van der Waals surface area contributed by atoms with Gasteiger partial charge in [0.25, 0.3) is 0 Å². The predicted octanol–water partition coefficient (Wildman–Crippen LogP) is 7.56. The van der Waals surface area contributed by atoms with Crippen molar-refractivity contribution in [2.75, 3.05) is 6.54 Å². The Morgan fingerprint density at radius 3 is 2.51 bits per heavy atom. The smallest absolute Gasteiger partial charge is 0.407 e. The number of allylic oxidation sites excluding steroid dienone is 1.